The zero-order chi connectivity index (χ0) is 11.7. The first-order chi connectivity index (χ1) is 8.35. The van der Waals surface area contributed by atoms with E-state index in [1.54, 1.807) is 0 Å². The molecule has 96 valence electrons. The lowest BCUT2D eigenvalue weighted by Crippen LogP contribution is -2.26. The van der Waals surface area contributed by atoms with E-state index in [0.717, 1.165) is 55.8 Å². The van der Waals surface area contributed by atoms with Crippen LogP contribution in [0.3, 0.4) is 0 Å². The van der Waals surface area contributed by atoms with Crippen LogP contribution in [0.15, 0.2) is 5.16 Å². The van der Waals surface area contributed by atoms with Gasteiger partial charge in [-0.05, 0) is 62.7 Å². The van der Waals surface area contributed by atoms with Gasteiger partial charge in [0.2, 0.25) is 0 Å². The molecule has 3 rings (SSSR count). The molecule has 1 N–H and O–H groups in total. The predicted octanol–water partition coefficient (Wildman–Crippen LogP) is 3.21. The van der Waals surface area contributed by atoms with E-state index in [2.05, 4.69) is 5.16 Å². The lowest BCUT2D eigenvalue weighted by Gasteiger charge is -2.27. The van der Waals surface area contributed by atoms with Crippen LogP contribution in [0.4, 0.5) is 0 Å². The highest BCUT2D eigenvalue weighted by molar-refractivity contribution is 5.84. The molecule has 0 aromatic rings. The van der Waals surface area contributed by atoms with Gasteiger partial charge in [-0.1, -0.05) is 11.6 Å². The van der Waals surface area contributed by atoms with Crippen LogP contribution < -0.4 is 0 Å². The molecular formula is C14H23NO2. The van der Waals surface area contributed by atoms with Crippen LogP contribution >= 0.6 is 0 Å². The van der Waals surface area contributed by atoms with Crippen LogP contribution in [-0.2, 0) is 4.74 Å². The maximum absolute atomic E-state index is 8.70. The van der Waals surface area contributed by atoms with E-state index in [1.165, 1.54) is 25.7 Å². The smallest absolute Gasteiger partial charge is 0.0582 e. The molecule has 3 unspecified atom stereocenters. The molecule has 0 aliphatic heterocycles. The lowest BCUT2D eigenvalue weighted by molar-refractivity contribution is 0.00617. The fourth-order valence-corrected chi connectivity index (χ4v) is 4.03. The van der Waals surface area contributed by atoms with Crippen molar-refractivity contribution in [1.82, 2.24) is 0 Å². The Balaban J connectivity index is 1.40. The third-order valence-corrected chi connectivity index (χ3v) is 5.08. The molecule has 3 atom stereocenters. The monoisotopic (exact) mass is 237 g/mol. The summed E-state index contributed by atoms with van der Waals surface area (Å²) in [7, 11) is 0. The van der Waals surface area contributed by atoms with E-state index in [1.807, 2.05) is 0 Å². The Morgan fingerprint density at radius 2 is 1.94 bits per heavy atom. The van der Waals surface area contributed by atoms with Gasteiger partial charge in [0.25, 0.3) is 0 Å². The number of rotatable bonds is 3. The third kappa shape index (κ3) is 2.49. The number of oxime groups is 1. The average Bonchev–Trinajstić information content (AvgIpc) is 2.99. The normalized spacial score (nSPS) is 40.8. The molecule has 2 bridgehead atoms. The molecule has 0 saturated heterocycles. The van der Waals surface area contributed by atoms with Gasteiger partial charge in [-0.15, -0.1) is 0 Å². The number of nitrogens with zero attached hydrogens (tertiary/aromatic N) is 1. The molecule has 0 heterocycles. The molecule has 3 aliphatic carbocycles. The summed E-state index contributed by atoms with van der Waals surface area (Å²) in [6.45, 7) is 0.984. The standard InChI is InChI=1S/C14H23NO2/c16-15-13-3-5-14(6-4-13)17-9-12-8-10-1-2-11(12)7-10/h10-12,14,16H,1-9H2. The Hall–Kier alpha value is -0.570. The van der Waals surface area contributed by atoms with Crippen molar-refractivity contribution in [1.29, 1.82) is 0 Å². The zero-order valence-electron chi connectivity index (χ0n) is 10.5. The Labute approximate surface area is 103 Å². The Bertz CT molecular complexity index is 293. The van der Waals surface area contributed by atoms with Gasteiger partial charge < -0.3 is 9.94 Å². The molecule has 0 radical (unpaired) electrons. The first-order valence-electron chi connectivity index (χ1n) is 7.16. The summed E-state index contributed by atoms with van der Waals surface area (Å²) in [5, 5.41) is 12.0. The molecule has 3 heteroatoms. The first kappa shape index (κ1) is 11.5. The first-order valence-corrected chi connectivity index (χ1v) is 7.16. The minimum atomic E-state index is 0.416. The number of hydrogen-bond acceptors (Lipinski definition) is 3. The maximum Gasteiger partial charge on any atom is 0.0582 e. The van der Waals surface area contributed by atoms with Crippen molar-refractivity contribution in [3.63, 3.8) is 0 Å². The lowest BCUT2D eigenvalue weighted by atomic mass is 9.89. The molecule has 3 fully saturated rings. The second kappa shape index (κ2) is 4.97. The summed E-state index contributed by atoms with van der Waals surface area (Å²) < 4.78 is 6.08. The van der Waals surface area contributed by atoms with Gasteiger partial charge in [0.05, 0.1) is 18.4 Å². The van der Waals surface area contributed by atoms with E-state index in [0.29, 0.717) is 6.10 Å². The zero-order valence-corrected chi connectivity index (χ0v) is 10.5. The topological polar surface area (TPSA) is 41.8 Å². The molecule has 0 aromatic heterocycles. The van der Waals surface area contributed by atoms with E-state index >= 15 is 0 Å². The van der Waals surface area contributed by atoms with Crippen LogP contribution in [-0.4, -0.2) is 23.6 Å². The van der Waals surface area contributed by atoms with E-state index < -0.39 is 0 Å². The molecule has 3 nitrogen and oxygen atoms in total. The van der Waals surface area contributed by atoms with Crippen molar-refractivity contribution in [3.8, 4) is 0 Å². The summed E-state index contributed by atoms with van der Waals surface area (Å²) in [6, 6.07) is 0. The molecule has 0 aromatic carbocycles. The summed E-state index contributed by atoms with van der Waals surface area (Å²) in [4.78, 5) is 0. The van der Waals surface area contributed by atoms with E-state index in [4.69, 9.17) is 9.94 Å². The minimum Gasteiger partial charge on any atom is -0.411 e. The Morgan fingerprint density at radius 3 is 2.53 bits per heavy atom. The fraction of sp³-hybridized carbons (Fsp3) is 0.929. The fourth-order valence-electron chi connectivity index (χ4n) is 4.03. The minimum absolute atomic E-state index is 0.416. The molecule has 0 amide bonds. The molecule has 17 heavy (non-hydrogen) atoms. The largest absolute Gasteiger partial charge is 0.411 e. The van der Waals surface area contributed by atoms with E-state index in [-0.39, 0.29) is 0 Å². The van der Waals surface area contributed by atoms with E-state index in [9.17, 15) is 0 Å². The van der Waals surface area contributed by atoms with Crippen LogP contribution in [0.2, 0.25) is 0 Å². The average molecular weight is 237 g/mol. The summed E-state index contributed by atoms with van der Waals surface area (Å²) in [5.41, 5.74) is 0.949. The SMILES string of the molecule is ON=C1CCC(OCC2CC3CCC2C3)CC1. The quantitative estimate of drug-likeness (QED) is 0.605. The van der Waals surface area contributed by atoms with Crippen molar-refractivity contribution in [2.75, 3.05) is 6.61 Å². The van der Waals surface area contributed by atoms with Gasteiger partial charge in [-0.25, -0.2) is 0 Å². The van der Waals surface area contributed by atoms with Gasteiger partial charge in [0.15, 0.2) is 0 Å². The molecule has 3 aliphatic rings. The highest BCUT2D eigenvalue weighted by atomic mass is 16.5. The molecular weight excluding hydrogens is 214 g/mol. The number of ether oxygens (including phenoxy) is 1. The summed E-state index contributed by atoms with van der Waals surface area (Å²) >= 11 is 0. The van der Waals surface area contributed by atoms with Crippen molar-refractivity contribution in [3.05, 3.63) is 0 Å². The second-order valence-electron chi connectivity index (χ2n) is 6.13. The molecule has 3 saturated carbocycles. The third-order valence-electron chi connectivity index (χ3n) is 5.08. The maximum atomic E-state index is 8.70. The van der Waals surface area contributed by atoms with Crippen molar-refractivity contribution >= 4 is 5.71 Å². The number of hydrogen-bond donors (Lipinski definition) is 1. The second-order valence-corrected chi connectivity index (χ2v) is 6.13. The van der Waals surface area contributed by atoms with Gasteiger partial charge >= 0.3 is 0 Å². The van der Waals surface area contributed by atoms with Gasteiger partial charge in [-0.3, -0.25) is 0 Å². The molecule has 0 spiro atoms. The van der Waals surface area contributed by atoms with Gasteiger partial charge in [0, 0.05) is 0 Å². The van der Waals surface area contributed by atoms with Gasteiger partial charge in [0.1, 0.15) is 0 Å². The van der Waals surface area contributed by atoms with Crippen molar-refractivity contribution in [2.45, 2.75) is 57.5 Å². The van der Waals surface area contributed by atoms with Crippen molar-refractivity contribution in [2.24, 2.45) is 22.9 Å². The highest BCUT2D eigenvalue weighted by Crippen LogP contribution is 2.48. The predicted molar refractivity (Wildman–Crippen MR) is 66.4 cm³/mol. The van der Waals surface area contributed by atoms with Crippen LogP contribution in [0, 0.1) is 17.8 Å². The van der Waals surface area contributed by atoms with Crippen LogP contribution in [0.5, 0.6) is 0 Å². The van der Waals surface area contributed by atoms with Crippen LogP contribution in [0.25, 0.3) is 0 Å². The van der Waals surface area contributed by atoms with Crippen LogP contribution in [0.1, 0.15) is 51.4 Å². The van der Waals surface area contributed by atoms with Crippen molar-refractivity contribution < 1.29 is 9.94 Å². The Kier molecular flexibility index (Phi) is 3.37. The Morgan fingerprint density at radius 1 is 1.12 bits per heavy atom. The number of fused-ring (bicyclic) bond motifs is 2. The van der Waals surface area contributed by atoms with Gasteiger partial charge in [-0.2, -0.15) is 0 Å². The summed E-state index contributed by atoms with van der Waals surface area (Å²) in [6.07, 6.45) is 10.1. The highest BCUT2D eigenvalue weighted by Gasteiger charge is 2.39. The summed E-state index contributed by atoms with van der Waals surface area (Å²) in [5.74, 6) is 2.84.